The molecule has 1 amide bonds. The third kappa shape index (κ3) is 6.45. The summed E-state index contributed by atoms with van der Waals surface area (Å²) in [5.41, 5.74) is 12.2. The van der Waals surface area contributed by atoms with Gasteiger partial charge in [0, 0.05) is 6.08 Å². The highest BCUT2D eigenvalue weighted by molar-refractivity contribution is 7.71. The second-order valence-electron chi connectivity index (χ2n) is 9.91. The van der Waals surface area contributed by atoms with Crippen LogP contribution in [0.3, 0.4) is 0 Å². The monoisotopic (exact) mass is 492 g/mol. The molecule has 2 aromatic heterocycles. The predicted octanol–water partition coefficient (Wildman–Crippen LogP) is 5.92. The van der Waals surface area contributed by atoms with Crippen LogP contribution in [-0.4, -0.2) is 25.4 Å². The molecule has 186 valence electrons. The van der Waals surface area contributed by atoms with E-state index < -0.39 is 0 Å². The van der Waals surface area contributed by atoms with E-state index in [2.05, 4.69) is 67.0 Å². The van der Waals surface area contributed by atoms with Gasteiger partial charge in [0.2, 0.25) is 11.9 Å². The molecular formula is C27H36N6OS. The smallest absolute Gasteiger partial charge is 0.245 e. The summed E-state index contributed by atoms with van der Waals surface area (Å²) in [6.45, 7) is 13.3. The minimum Gasteiger partial charge on any atom is -0.369 e. The van der Waals surface area contributed by atoms with E-state index in [1.807, 2.05) is 25.2 Å². The van der Waals surface area contributed by atoms with Crippen LogP contribution in [0.5, 0.6) is 0 Å². The number of allylic oxidation sites excluding steroid dienone is 9. The lowest BCUT2D eigenvalue weighted by Crippen LogP contribution is -2.26. The van der Waals surface area contributed by atoms with Gasteiger partial charge in [-0.2, -0.15) is 4.98 Å². The number of hydrogen-bond acceptors (Lipinski definition) is 5. The van der Waals surface area contributed by atoms with E-state index in [4.69, 9.17) is 18.0 Å². The average Bonchev–Trinajstić information content (AvgIpc) is 3.25. The number of nitrogens with two attached hydrogens (primary N) is 1. The Hall–Kier alpha value is -3.26. The summed E-state index contributed by atoms with van der Waals surface area (Å²) in [5, 5.41) is 2.80. The maximum Gasteiger partial charge on any atom is 0.245 e. The molecule has 0 saturated carbocycles. The van der Waals surface area contributed by atoms with Gasteiger partial charge in [-0.3, -0.25) is 9.36 Å². The second-order valence-corrected chi connectivity index (χ2v) is 10.3. The molecule has 0 bridgehead atoms. The molecule has 1 aliphatic rings. The van der Waals surface area contributed by atoms with Crippen LogP contribution >= 0.6 is 12.2 Å². The highest BCUT2D eigenvalue weighted by Crippen LogP contribution is 2.43. The first kappa shape index (κ1) is 26.3. The maximum absolute atomic E-state index is 12.4. The van der Waals surface area contributed by atoms with Crippen LogP contribution in [0.25, 0.3) is 11.2 Å². The van der Waals surface area contributed by atoms with Crippen LogP contribution in [-0.2, 0) is 11.5 Å². The lowest BCUT2D eigenvalue weighted by Gasteiger charge is -2.36. The number of nitrogens with one attached hydrogen (secondary N) is 2. The lowest BCUT2D eigenvalue weighted by molar-refractivity contribution is -0.117. The van der Waals surface area contributed by atoms with E-state index in [0.717, 1.165) is 11.1 Å². The van der Waals surface area contributed by atoms with E-state index in [0.29, 0.717) is 21.7 Å². The number of amides is 1. The van der Waals surface area contributed by atoms with Gasteiger partial charge in [0.15, 0.2) is 5.65 Å². The summed E-state index contributed by atoms with van der Waals surface area (Å²) >= 11 is 5.41. The molecule has 0 radical (unpaired) electrons. The normalized spacial score (nSPS) is 19.3. The van der Waals surface area contributed by atoms with Crippen LogP contribution in [0.4, 0.5) is 5.95 Å². The summed E-state index contributed by atoms with van der Waals surface area (Å²) in [6.07, 6.45) is 15.9. The minimum absolute atomic E-state index is 0.112. The zero-order valence-corrected chi connectivity index (χ0v) is 22.3. The number of H-pyrrole nitrogens is 1. The highest BCUT2D eigenvalue weighted by Gasteiger charge is 2.29. The summed E-state index contributed by atoms with van der Waals surface area (Å²) < 4.78 is 1.96. The van der Waals surface area contributed by atoms with E-state index in [9.17, 15) is 4.79 Å². The zero-order valence-electron chi connectivity index (χ0n) is 21.5. The molecule has 3 rings (SSSR count). The Morgan fingerprint density at radius 2 is 2.09 bits per heavy atom. The van der Waals surface area contributed by atoms with Crippen LogP contribution in [0.15, 0.2) is 65.1 Å². The number of carbonyl (C=O) groups is 1. The first-order valence-corrected chi connectivity index (χ1v) is 12.3. The Labute approximate surface area is 212 Å². The Balaban J connectivity index is 1.60. The van der Waals surface area contributed by atoms with Gasteiger partial charge in [0.1, 0.15) is 10.2 Å². The molecule has 0 aromatic carbocycles. The van der Waals surface area contributed by atoms with Gasteiger partial charge in [0.25, 0.3) is 0 Å². The van der Waals surface area contributed by atoms with Crippen molar-refractivity contribution in [1.29, 1.82) is 0 Å². The Morgan fingerprint density at radius 3 is 2.83 bits per heavy atom. The molecule has 4 N–H and O–H groups in total. The molecule has 2 aromatic rings. The van der Waals surface area contributed by atoms with E-state index in [1.54, 1.807) is 4.57 Å². The molecule has 1 aliphatic carbocycles. The van der Waals surface area contributed by atoms with Gasteiger partial charge in [0.05, 0.1) is 13.0 Å². The maximum atomic E-state index is 12.4. The number of nitrogen functional groups attached to an aromatic ring is 1. The van der Waals surface area contributed by atoms with Gasteiger partial charge in [-0.05, 0) is 56.1 Å². The topological polar surface area (TPSA) is 102 Å². The van der Waals surface area contributed by atoms with Crippen molar-refractivity contribution >= 4 is 35.2 Å². The fraction of sp³-hybridized carbons (Fsp3) is 0.407. The average molecular weight is 493 g/mol. The van der Waals surface area contributed by atoms with Crippen molar-refractivity contribution < 1.29 is 4.79 Å². The number of imidazole rings is 1. The fourth-order valence-corrected chi connectivity index (χ4v) is 4.57. The van der Waals surface area contributed by atoms with Crippen LogP contribution < -0.4 is 11.1 Å². The number of aromatic nitrogens is 4. The Kier molecular flexibility index (Phi) is 8.27. The Bertz CT molecular complexity index is 1320. The first-order chi connectivity index (χ1) is 16.5. The van der Waals surface area contributed by atoms with Crippen LogP contribution in [0, 0.1) is 16.0 Å². The zero-order chi connectivity index (χ0) is 25.8. The summed E-state index contributed by atoms with van der Waals surface area (Å²) in [4.78, 5) is 23.6. The second kappa shape index (κ2) is 11.0. The summed E-state index contributed by atoms with van der Waals surface area (Å²) in [5.74, 6) is 0.605. The number of aromatic amines is 1. The molecule has 0 saturated heterocycles. The van der Waals surface area contributed by atoms with Crippen molar-refractivity contribution in [2.24, 2.45) is 11.3 Å². The van der Waals surface area contributed by atoms with Crippen molar-refractivity contribution in [1.82, 2.24) is 24.8 Å². The van der Waals surface area contributed by atoms with Crippen LogP contribution in [0.2, 0.25) is 0 Å². The van der Waals surface area contributed by atoms with Gasteiger partial charge < -0.3 is 16.0 Å². The van der Waals surface area contributed by atoms with E-state index in [1.165, 1.54) is 36.4 Å². The van der Waals surface area contributed by atoms with Crippen molar-refractivity contribution in [2.75, 3.05) is 5.73 Å². The van der Waals surface area contributed by atoms with Gasteiger partial charge >= 0.3 is 0 Å². The number of carbonyl (C=O) groups excluding carboxylic acids is 1. The fourth-order valence-electron chi connectivity index (χ4n) is 4.26. The Morgan fingerprint density at radius 1 is 1.34 bits per heavy atom. The van der Waals surface area contributed by atoms with Gasteiger partial charge in [-0.25, -0.2) is 4.98 Å². The number of fused-ring (bicyclic) bond motifs is 1. The van der Waals surface area contributed by atoms with Gasteiger partial charge in [-0.15, -0.1) is 0 Å². The highest BCUT2D eigenvalue weighted by atomic mass is 32.1. The lowest BCUT2D eigenvalue weighted by atomic mass is 9.69. The number of anilines is 1. The standard InChI is InChI=1S/C27H36N6OS/c1-17(10-11-21-20(4)19(3)12-13-27(21,5)6)8-7-9-18(2)14-22(34)31-16-33-25(35)23-24(30-15-29-23)32-26(33)28/h7-11,14-15,19H,12-13,16H2,1-6H3,(H2,28,32)(H,29,30)(H,31,34)/b9-7+,11-10+,17-8+,18-14+. The molecular weight excluding hydrogens is 456 g/mol. The predicted molar refractivity (Wildman–Crippen MR) is 146 cm³/mol. The summed E-state index contributed by atoms with van der Waals surface area (Å²) in [7, 11) is 0. The first-order valence-electron chi connectivity index (χ1n) is 11.9. The van der Waals surface area contributed by atoms with Crippen molar-refractivity contribution in [3.63, 3.8) is 0 Å². The van der Waals surface area contributed by atoms with Crippen LogP contribution in [0.1, 0.15) is 54.4 Å². The molecule has 0 spiro atoms. The molecule has 7 nitrogen and oxygen atoms in total. The quantitative estimate of drug-likeness (QED) is 0.253. The number of hydrogen-bond donors (Lipinski definition) is 3. The van der Waals surface area contributed by atoms with Crippen molar-refractivity contribution in [3.8, 4) is 0 Å². The van der Waals surface area contributed by atoms with E-state index >= 15 is 0 Å². The van der Waals surface area contributed by atoms with Crippen molar-refractivity contribution in [3.05, 3.63) is 69.7 Å². The molecule has 2 heterocycles. The summed E-state index contributed by atoms with van der Waals surface area (Å²) in [6, 6.07) is 0. The van der Waals surface area contributed by atoms with Crippen molar-refractivity contribution in [2.45, 2.75) is 61.1 Å². The molecule has 1 atom stereocenters. The van der Waals surface area contributed by atoms with Gasteiger partial charge in [-0.1, -0.05) is 74.5 Å². The third-order valence-corrected chi connectivity index (χ3v) is 7.08. The molecule has 8 heteroatoms. The molecule has 0 aliphatic heterocycles. The molecule has 35 heavy (non-hydrogen) atoms. The molecule has 1 unspecified atom stereocenters. The third-order valence-electron chi connectivity index (χ3n) is 6.67. The SMILES string of the molecule is CC1=C(/C=C/C(C)=C/C=C/C(C)=C/C(=O)NCn2c(N)nc3[nH]cnc3c2=S)C(C)(C)CCC1C. The van der Waals surface area contributed by atoms with E-state index in [-0.39, 0.29) is 23.9 Å². The largest absolute Gasteiger partial charge is 0.369 e. The minimum atomic E-state index is -0.243. The molecule has 0 fully saturated rings. The number of nitrogens with zero attached hydrogens (tertiary/aromatic N) is 3. The number of rotatable bonds is 7.